The molecule has 0 atom stereocenters. The molecule has 7 nitrogen and oxygen atoms in total. The zero-order valence-electron chi connectivity index (χ0n) is 13.5. The van der Waals surface area contributed by atoms with Crippen LogP contribution in [0.3, 0.4) is 0 Å². The molecule has 0 fully saturated rings. The quantitative estimate of drug-likeness (QED) is 0.255. The highest BCUT2D eigenvalue weighted by Crippen LogP contribution is 2.09. The smallest absolute Gasteiger partial charge is 0.350 e. The molecular formula is C16H26N4O3. The Labute approximate surface area is 136 Å². The molecule has 1 aromatic rings. The van der Waals surface area contributed by atoms with E-state index in [-0.39, 0.29) is 5.75 Å². The largest absolute Gasteiger partial charge is 0.508 e. The summed E-state index contributed by atoms with van der Waals surface area (Å²) in [5.74, 6) is 5.23. The maximum Gasteiger partial charge on any atom is 0.350 e. The number of nitrogens with one attached hydrogen (secondary N) is 2. The summed E-state index contributed by atoms with van der Waals surface area (Å²) in [6.45, 7) is 2.60. The molecule has 0 saturated heterocycles. The van der Waals surface area contributed by atoms with Crippen molar-refractivity contribution in [3.8, 4) is 5.75 Å². The molecule has 128 valence electrons. The minimum Gasteiger partial charge on any atom is -0.508 e. The second kappa shape index (κ2) is 10.4. The van der Waals surface area contributed by atoms with Crippen LogP contribution in [0.2, 0.25) is 0 Å². The zero-order valence-corrected chi connectivity index (χ0v) is 13.5. The van der Waals surface area contributed by atoms with Crippen LogP contribution < -0.4 is 16.7 Å². The molecule has 1 aromatic carbocycles. The Balaban J connectivity index is 2.21. The van der Waals surface area contributed by atoms with Gasteiger partial charge in [-0.3, -0.25) is 15.2 Å². The topological polar surface area (TPSA) is 108 Å². The summed E-state index contributed by atoms with van der Waals surface area (Å²) in [6.07, 6.45) is 6.64. The Hall–Kier alpha value is -2.28. The first-order chi connectivity index (χ1) is 11.0. The minimum atomic E-state index is -0.564. The van der Waals surface area contributed by atoms with Crippen LogP contribution in [0.15, 0.2) is 24.3 Å². The molecule has 7 heteroatoms. The van der Waals surface area contributed by atoms with Gasteiger partial charge in [0.15, 0.2) is 0 Å². The van der Waals surface area contributed by atoms with Gasteiger partial charge in [0.25, 0.3) is 5.91 Å². The second-order valence-corrected chi connectivity index (χ2v) is 5.39. The number of rotatable bonds is 8. The van der Waals surface area contributed by atoms with Crippen LogP contribution in [0.1, 0.15) is 55.8 Å². The predicted molar refractivity (Wildman–Crippen MR) is 88.4 cm³/mol. The molecule has 1 rings (SSSR count). The van der Waals surface area contributed by atoms with E-state index in [4.69, 9.17) is 10.9 Å². The summed E-state index contributed by atoms with van der Waals surface area (Å²) in [7, 11) is 0. The molecule has 3 amide bonds. The van der Waals surface area contributed by atoms with Crippen molar-refractivity contribution < 1.29 is 14.7 Å². The Kier molecular flexibility index (Phi) is 8.52. The maximum absolute atomic E-state index is 11.8. The lowest BCUT2D eigenvalue weighted by Crippen LogP contribution is -2.51. The number of nitrogens with two attached hydrogens (primary N) is 1. The van der Waals surface area contributed by atoms with Gasteiger partial charge in [-0.25, -0.2) is 16.1 Å². The molecule has 5 N–H and O–H groups in total. The standard InChI is InChI=1S/C16H26N4O3/c1-2-3-4-5-6-7-12-20(17)16(23)19-18-15(22)13-8-10-14(21)11-9-13/h8-11,21H,2-7,12,17H2,1H3,(H,18,22)(H,19,23). The molecule has 0 aliphatic rings. The van der Waals surface area contributed by atoms with Crippen molar-refractivity contribution in [2.75, 3.05) is 6.54 Å². The Morgan fingerprint density at radius 2 is 1.65 bits per heavy atom. The molecule has 0 unspecified atom stereocenters. The highest BCUT2D eigenvalue weighted by atomic mass is 16.3. The van der Waals surface area contributed by atoms with Crippen LogP contribution in [0.4, 0.5) is 4.79 Å². The van der Waals surface area contributed by atoms with Crippen LogP contribution in [0, 0.1) is 0 Å². The molecule has 23 heavy (non-hydrogen) atoms. The van der Waals surface area contributed by atoms with Gasteiger partial charge in [0.2, 0.25) is 0 Å². The van der Waals surface area contributed by atoms with Crippen molar-refractivity contribution in [2.24, 2.45) is 5.84 Å². The first-order valence-corrected chi connectivity index (χ1v) is 7.96. The lowest BCUT2D eigenvalue weighted by molar-refractivity contribution is 0.0930. The number of phenols is 1. The van der Waals surface area contributed by atoms with Crippen LogP contribution in [-0.4, -0.2) is 28.6 Å². The van der Waals surface area contributed by atoms with Crippen LogP contribution >= 0.6 is 0 Å². The van der Waals surface area contributed by atoms with Crippen LogP contribution in [0.5, 0.6) is 5.75 Å². The van der Waals surface area contributed by atoms with Gasteiger partial charge in [-0.05, 0) is 30.7 Å². The van der Waals surface area contributed by atoms with Crippen molar-refractivity contribution in [1.29, 1.82) is 0 Å². The van der Waals surface area contributed by atoms with E-state index < -0.39 is 11.9 Å². The third-order valence-corrected chi connectivity index (χ3v) is 3.43. The summed E-state index contributed by atoms with van der Waals surface area (Å²) in [5.41, 5.74) is 4.85. The lowest BCUT2D eigenvalue weighted by atomic mass is 10.1. The van der Waals surface area contributed by atoms with Crippen LogP contribution in [-0.2, 0) is 0 Å². The SMILES string of the molecule is CCCCCCCCN(N)C(=O)NNC(=O)c1ccc(O)cc1. The first-order valence-electron chi connectivity index (χ1n) is 7.96. The Morgan fingerprint density at radius 1 is 1.04 bits per heavy atom. The molecule has 0 heterocycles. The number of hydrogen-bond donors (Lipinski definition) is 4. The average molecular weight is 322 g/mol. The fraction of sp³-hybridized carbons (Fsp3) is 0.500. The van der Waals surface area contributed by atoms with Crippen molar-refractivity contribution in [3.05, 3.63) is 29.8 Å². The number of hydrazine groups is 2. The molecule has 0 spiro atoms. The molecule has 0 bridgehead atoms. The number of benzene rings is 1. The molecular weight excluding hydrogens is 296 g/mol. The normalized spacial score (nSPS) is 10.2. The molecule has 0 saturated carbocycles. The Bertz CT molecular complexity index is 491. The van der Waals surface area contributed by atoms with E-state index in [1.54, 1.807) is 0 Å². The molecule has 0 radical (unpaired) electrons. The summed E-state index contributed by atoms with van der Waals surface area (Å²) < 4.78 is 0. The second-order valence-electron chi connectivity index (χ2n) is 5.39. The maximum atomic E-state index is 11.8. The number of nitrogens with zero attached hydrogens (tertiary/aromatic N) is 1. The van der Waals surface area contributed by atoms with Gasteiger partial charge in [0.05, 0.1) is 0 Å². The third kappa shape index (κ3) is 7.51. The van der Waals surface area contributed by atoms with Gasteiger partial charge in [0, 0.05) is 12.1 Å². The van der Waals surface area contributed by atoms with Crippen molar-refractivity contribution >= 4 is 11.9 Å². The van der Waals surface area contributed by atoms with E-state index in [0.717, 1.165) is 24.3 Å². The van der Waals surface area contributed by atoms with Crippen molar-refractivity contribution in [2.45, 2.75) is 45.4 Å². The van der Waals surface area contributed by atoms with Crippen molar-refractivity contribution in [3.63, 3.8) is 0 Å². The first kappa shape index (κ1) is 18.8. The van der Waals surface area contributed by atoms with E-state index in [9.17, 15) is 9.59 Å². The summed E-state index contributed by atoms with van der Waals surface area (Å²) in [4.78, 5) is 23.5. The van der Waals surface area contributed by atoms with E-state index in [0.29, 0.717) is 12.1 Å². The van der Waals surface area contributed by atoms with Gasteiger partial charge in [-0.1, -0.05) is 39.0 Å². The van der Waals surface area contributed by atoms with E-state index in [2.05, 4.69) is 17.8 Å². The van der Waals surface area contributed by atoms with E-state index >= 15 is 0 Å². The van der Waals surface area contributed by atoms with Crippen LogP contribution in [0.25, 0.3) is 0 Å². The number of phenolic OH excluding ortho intramolecular Hbond substituents is 1. The van der Waals surface area contributed by atoms with Gasteiger partial charge >= 0.3 is 6.03 Å². The predicted octanol–water partition coefficient (Wildman–Crippen LogP) is 2.28. The van der Waals surface area contributed by atoms with E-state index in [1.165, 1.54) is 43.5 Å². The third-order valence-electron chi connectivity index (χ3n) is 3.43. The number of carbonyl (C=O) groups excluding carboxylic acids is 2. The van der Waals surface area contributed by atoms with Gasteiger partial charge in [0.1, 0.15) is 5.75 Å². The number of amides is 3. The zero-order chi connectivity index (χ0) is 17.1. The minimum absolute atomic E-state index is 0.0673. The number of aromatic hydroxyl groups is 1. The lowest BCUT2D eigenvalue weighted by Gasteiger charge is -2.17. The van der Waals surface area contributed by atoms with Gasteiger partial charge < -0.3 is 5.11 Å². The number of unbranched alkanes of at least 4 members (excludes halogenated alkanes) is 5. The highest BCUT2D eigenvalue weighted by Gasteiger charge is 2.11. The van der Waals surface area contributed by atoms with E-state index in [1.807, 2.05) is 0 Å². The molecule has 0 aromatic heterocycles. The Morgan fingerprint density at radius 3 is 2.30 bits per heavy atom. The number of carbonyl (C=O) groups is 2. The number of urea groups is 1. The van der Waals surface area contributed by atoms with Gasteiger partial charge in [-0.15, -0.1) is 0 Å². The number of hydrogen-bond acceptors (Lipinski definition) is 4. The fourth-order valence-corrected chi connectivity index (χ4v) is 2.03. The summed E-state index contributed by atoms with van der Waals surface area (Å²) >= 11 is 0. The summed E-state index contributed by atoms with van der Waals surface area (Å²) in [5, 5.41) is 10.2. The average Bonchev–Trinajstić information content (AvgIpc) is 2.55. The highest BCUT2D eigenvalue weighted by molar-refractivity contribution is 5.95. The fourth-order valence-electron chi connectivity index (χ4n) is 2.03. The monoisotopic (exact) mass is 322 g/mol. The molecule has 0 aliphatic heterocycles. The molecule has 0 aliphatic carbocycles. The van der Waals surface area contributed by atoms with Gasteiger partial charge in [-0.2, -0.15) is 0 Å². The van der Waals surface area contributed by atoms with Crippen molar-refractivity contribution in [1.82, 2.24) is 15.9 Å². The summed E-state index contributed by atoms with van der Waals surface area (Å²) in [6, 6.07) is 5.13.